The number of carbonyl (C=O) groups is 3. The number of carboxylic acid groups (broad SMARTS) is 1. The topological polar surface area (TPSA) is 95.9 Å². The van der Waals surface area contributed by atoms with Crippen molar-refractivity contribution in [2.24, 2.45) is 0 Å². The van der Waals surface area contributed by atoms with Gasteiger partial charge in [0.25, 0.3) is 0 Å². The molecule has 192 valence electrons. The van der Waals surface area contributed by atoms with Crippen LogP contribution in [0.1, 0.15) is 29.0 Å². The molecular weight excluding hydrogens is 488 g/mol. The van der Waals surface area contributed by atoms with E-state index in [2.05, 4.69) is 17.4 Å². The van der Waals surface area contributed by atoms with Gasteiger partial charge in [-0.25, -0.2) is 4.79 Å². The number of hydrogen-bond acceptors (Lipinski definition) is 5. The number of amides is 2. The number of fused-ring (bicyclic) bond motifs is 3. The van der Waals surface area contributed by atoms with Crippen molar-refractivity contribution < 1.29 is 24.2 Å². The Hall–Kier alpha value is -3.78. The van der Waals surface area contributed by atoms with Crippen LogP contribution in [0.3, 0.4) is 0 Å². The number of benzene rings is 3. The Morgan fingerprint density at radius 3 is 2.14 bits per heavy atom. The molecular formula is C29H30N2O5S. The monoisotopic (exact) mass is 518 g/mol. The van der Waals surface area contributed by atoms with E-state index in [9.17, 15) is 19.5 Å². The van der Waals surface area contributed by atoms with Crippen LogP contribution < -0.4 is 5.32 Å². The van der Waals surface area contributed by atoms with E-state index >= 15 is 0 Å². The highest BCUT2D eigenvalue weighted by Gasteiger charge is 2.31. The number of nitrogens with zero attached hydrogens (tertiary/aromatic N) is 1. The molecule has 3 aromatic carbocycles. The van der Waals surface area contributed by atoms with Gasteiger partial charge in [-0.15, -0.1) is 0 Å². The van der Waals surface area contributed by atoms with Crippen molar-refractivity contribution in [1.82, 2.24) is 10.2 Å². The average Bonchev–Trinajstić information content (AvgIpc) is 3.23. The first-order valence-corrected chi connectivity index (χ1v) is 13.5. The standard InChI is InChI=1S/C29H30N2O5S/c1-37-16-15-26(28(34)31(18-27(32)33)17-20-9-3-2-4-10-20)30-29(35)36-19-25-23-13-7-5-11-21(23)22-12-6-8-14-24(22)25/h2-14,25-26H,15-19H2,1H3,(H,30,35)(H,32,33)/t26-/m1/s1. The van der Waals surface area contributed by atoms with E-state index in [1.54, 1.807) is 11.8 Å². The Bertz CT molecular complexity index is 1200. The maximum Gasteiger partial charge on any atom is 0.407 e. The van der Waals surface area contributed by atoms with E-state index < -0.39 is 30.6 Å². The van der Waals surface area contributed by atoms with Crippen molar-refractivity contribution in [2.45, 2.75) is 24.9 Å². The number of carbonyl (C=O) groups excluding carboxylic acids is 2. The molecule has 0 radical (unpaired) electrons. The molecule has 0 unspecified atom stereocenters. The second kappa shape index (κ2) is 12.5. The molecule has 0 aromatic heterocycles. The molecule has 3 aromatic rings. The smallest absolute Gasteiger partial charge is 0.407 e. The molecule has 1 aliphatic rings. The summed E-state index contributed by atoms with van der Waals surface area (Å²) < 4.78 is 5.64. The summed E-state index contributed by atoms with van der Waals surface area (Å²) in [5, 5.41) is 12.1. The van der Waals surface area contributed by atoms with Crippen molar-refractivity contribution in [3.63, 3.8) is 0 Å². The number of nitrogens with one attached hydrogen (secondary N) is 1. The summed E-state index contributed by atoms with van der Waals surface area (Å²) in [7, 11) is 0. The third-order valence-electron chi connectivity index (χ3n) is 6.40. The number of hydrogen-bond donors (Lipinski definition) is 2. The lowest BCUT2D eigenvalue weighted by Crippen LogP contribution is -2.50. The van der Waals surface area contributed by atoms with Gasteiger partial charge in [-0.05, 0) is 46.2 Å². The van der Waals surface area contributed by atoms with Crippen molar-refractivity contribution in [2.75, 3.05) is 25.2 Å². The second-order valence-electron chi connectivity index (χ2n) is 8.88. The predicted octanol–water partition coefficient (Wildman–Crippen LogP) is 4.76. The zero-order valence-electron chi connectivity index (χ0n) is 20.6. The van der Waals surface area contributed by atoms with E-state index in [0.29, 0.717) is 12.2 Å². The van der Waals surface area contributed by atoms with E-state index in [0.717, 1.165) is 27.8 Å². The summed E-state index contributed by atoms with van der Waals surface area (Å²) in [5.41, 5.74) is 5.27. The third kappa shape index (κ3) is 6.51. The zero-order valence-corrected chi connectivity index (χ0v) is 21.4. The second-order valence-corrected chi connectivity index (χ2v) is 9.86. The highest BCUT2D eigenvalue weighted by atomic mass is 32.2. The first kappa shape index (κ1) is 26.3. The molecule has 2 amide bonds. The van der Waals surface area contributed by atoms with Crippen LogP contribution in [0.25, 0.3) is 11.1 Å². The molecule has 4 rings (SSSR count). The van der Waals surface area contributed by atoms with Crippen LogP contribution in [-0.4, -0.2) is 59.2 Å². The Balaban J connectivity index is 1.45. The van der Waals surface area contributed by atoms with Crippen LogP contribution >= 0.6 is 11.8 Å². The lowest BCUT2D eigenvalue weighted by atomic mass is 9.98. The van der Waals surface area contributed by atoms with Crippen LogP contribution in [0.2, 0.25) is 0 Å². The lowest BCUT2D eigenvalue weighted by Gasteiger charge is -2.27. The third-order valence-corrected chi connectivity index (χ3v) is 7.04. The molecule has 37 heavy (non-hydrogen) atoms. The first-order chi connectivity index (χ1) is 18.0. The van der Waals surface area contributed by atoms with Crippen LogP contribution in [0.15, 0.2) is 78.9 Å². The summed E-state index contributed by atoms with van der Waals surface area (Å²) in [6.45, 7) is -0.198. The maximum atomic E-state index is 13.4. The van der Waals surface area contributed by atoms with E-state index in [1.807, 2.05) is 73.0 Å². The minimum absolute atomic E-state index is 0.0971. The number of alkyl carbamates (subject to hydrolysis) is 1. The molecule has 2 N–H and O–H groups in total. The Morgan fingerprint density at radius 2 is 1.54 bits per heavy atom. The lowest BCUT2D eigenvalue weighted by molar-refractivity contribution is -0.145. The van der Waals surface area contributed by atoms with Gasteiger partial charge in [0.15, 0.2) is 0 Å². The molecule has 1 atom stereocenters. The molecule has 0 aliphatic heterocycles. The summed E-state index contributed by atoms with van der Waals surface area (Å²) >= 11 is 1.54. The molecule has 7 nitrogen and oxygen atoms in total. The van der Waals surface area contributed by atoms with Gasteiger partial charge < -0.3 is 20.1 Å². The van der Waals surface area contributed by atoms with Crippen molar-refractivity contribution in [3.05, 3.63) is 95.6 Å². The fourth-order valence-electron chi connectivity index (χ4n) is 4.67. The molecule has 0 heterocycles. The molecule has 1 aliphatic carbocycles. The van der Waals surface area contributed by atoms with Crippen LogP contribution in [0.5, 0.6) is 0 Å². The number of rotatable bonds is 11. The predicted molar refractivity (Wildman–Crippen MR) is 144 cm³/mol. The van der Waals surface area contributed by atoms with Crippen LogP contribution in [0.4, 0.5) is 4.79 Å². The minimum Gasteiger partial charge on any atom is -0.480 e. The summed E-state index contributed by atoms with van der Waals surface area (Å²) in [6, 6.07) is 24.4. The van der Waals surface area contributed by atoms with Gasteiger partial charge in [0.1, 0.15) is 19.2 Å². The van der Waals surface area contributed by atoms with E-state index in [4.69, 9.17) is 4.74 Å². The van der Waals surface area contributed by atoms with Gasteiger partial charge in [-0.2, -0.15) is 11.8 Å². The first-order valence-electron chi connectivity index (χ1n) is 12.1. The molecule has 0 spiro atoms. The number of carboxylic acids is 1. The molecule has 0 saturated heterocycles. The van der Waals surface area contributed by atoms with Gasteiger partial charge in [0.05, 0.1) is 0 Å². The van der Waals surface area contributed by atoms with Gasteiger partial charge >= 0.3 is 12.1 Å². The largest absolute Gasteiger partial charge is 0.480 e. The highest BCUT2D eigenvalue weighted by molar-refractivity contribution is 7.98. The fraction of sp³-hybridized carbons (Fsp3) is 0.276. The van der Waals surface area contributed by atoms with E-state index in [1.165, 1.54) is 4.90 Å². The van der Waals surface area contributed by atoms with E-state index in [-0.39, 0.29) is 19.1 Å². The van der Waals surface area contributed by atoms with Crippen molar-refractivity contribution >= 4 is 29.7 Å². The Kier molecular flexibility index (Phi) is 8.85. The van der Waals surface area contributed by atoms with Gasteiger partial charge in [0, 0.05) is 12.5 Å². The van der Waals surface area contributed by atoms with Crippen molar-refractivity contribution in [3.8, 4) is 11.1 Å². The van der Waals surface area contributed by atoms with Crippen molar-refractivity contribution in [1.29, 1.82) is 0 Å². The summed E-state index contributed by atoms with van der Waals surface area (Å²) in [6.07, 6.45) is 1.57. The summed E-state index contributed by atoms with van der Waals surface area (Å²) in [4.78, 5) is 39.0. The number of aliphatic carboxylic acids is 1. The van der Waals surface area contributed by atoms with Gasteiger partial charge in [-0.1, -0.05) is 78.9 Å². The maximum absolute atomic E-state index is 13.4. The average molecular weight is 519 g/mol. The van der Waals surface area contributed by atoms with Gasteiger partial charge in [-0.3, -0.25) is 9.59 Å². The Labute approximate surface area is 220 Å². The molecule has 8 heteroatoms. The number of thioether (sulfide) groups is 1. The van der Waals surface area contributed by atoms with Gasteiger partial charge in [0.2, 0.25) is 5.91 Å². The molecule has 0 fully saturated rings. The molecule has 0 bridgehead atoms. The normalized spacial score (nSPS) is 12.8. The Morgan fingerprint density at radius 1 is 0.946 bits per heavy atom. The van der Waals surface area contributed by atoms with Crippen LogP contribution in [0, 0.1) is 0 Å². The fourth-order valence-corrected chi connectivity index (χ4v) is 5.15. The quantitative estimate of drug-likeness (QED) is 0.380. The number of ether oxygens (including phenoxy) is 1. The molecule has 0 saturated carbocycles. The van der Waals surface area contributed by atoms with Crippen LogP contribution in [-0.2, 0) is 20.9 Å². The zero-order chi connectivity index (χ0) is 26.2. The highest BCUT2D eigenvalue weighted by Crippen LogP contribution is 2.44. The SMILES string of the molecule is CSCC[C@@H](NC(=O)OCC1c2ccccc2-c2ccccc21)C(=O)N(CC(=O)O)Cc1ccccc1. The summed E-state index contributed by atoms with van der Waals surface area (Å²) in [5.74, 6) is -1.05. The minimum atomic E-state index is -1.12.